The molecule has 1 fully saturated rings. The van der Waals surface area contributed by atoms with Gasteiger partial charge in [0, 0.05) is 29.5 Å². The molecule has 9 heteroatoms. The Hall–Kier alpha value is -1.84. The van der Waals surface area contributed by atoms with E-state index in [0.29, 0.717) is 24.5 Å². The molecule has 1 amide bonds. The van der Waals surface area contributed by atoms with E-state index in [1.165, 1.54) is 10.4 Å². The Kier molecular flexibility index (Phi) is 6.47. The van der Waals surface area contributed by atoms with Gasteiger partial charge in [-0.1, -0.05) is 28.1 Å². The zero-order valence-corrected chi connectivity index (χ0v) is 17.3. The number of rotatable bonds is 5. The van der Waals surface area contributed by atoms with E-state index >= 15 is 0 Å². The molecule has 0 aromatic heterocycles. The molecule has 0 spiro atoms. The molecule has 0 bridgehead atoms. The molecule has 1 aliphatic heterocycles. The lowest BCUT2D eigenvalue weighted by molar-refractivity contribution is -0.120. The van der Waals surface area contributed by atoms with Crippen molar-refractivity contribution in [3.63, 3.8) is 0 Å². The minimum atomic E-state index is -3.48. The molecular weight excluding hydrogens is 454 g/mol. The zero-order valence-electron chi connectivity index (χ0n) is 14.9. The highest BCUT2D eigenvalue weighted by atomic mass is 79.9. The van der Waals surface area contributed by atoms with E-state index in [4.69, 9.17) is 0 Å². The molecule has 2 aromatic rings. The maximum atomic E-state index is 13.7. The minimum Gasteiger partial charge on any atom is -0.323 e. The first-order valence-electron chi connectivity index (χ1n) is 8.73. The van der Waals surface area contributed by atoms with Gasteiger partial charge in [0.05, 0.1) is 11.4 Å². The first kappa shape index (κ1) is 20.9. The van der Waals surface area contributed by atoms with Gasteiger partial charge in [-0.3, -0.25) is 4.79 Å². The van der Waals surface area contributed by atoms with Crippen molar-refractivity contribution in [3.8, 4) is 0 Å². The molecule has 1 N–H and O–H groups in total. The number of benzene rings is 2. The van der Waals surface area contributed by atoms with Crippen LogP contribution in [0.4, 0.5) is 14.5 Å². The molecule has 0 aliphatic carbocycles. The molecule has 28 heavy (non-hydrogen) atoms. The second kappa shape index (κ2) is 8.67. The van der Waals surface area contributed by atoms with Crippen molar-refractivity contribution >= 4 is 37.5 Å². The topological polar surface area (TPSA) is 66.5 Å². The van der Waals surface area contributed by atoms with Crippen LogP contribution in [0.5, 0.6) is 0 Å². The molecule has 0 unspecified atom stereocenters. The van der Waals surface area contributed by atoms with Gasteiger partial charge in [0.1, 0.15) is 11.6 Å². The molecule has 0 atom stereocenters. The third-order valence-corrected chi connectivity index (χ3v) is 7.05. The Bertz CT molecular complexity index is 960. The van der Waals surface area contributed by atoms with Crippen LogP contribution in [-0.4, -0.2) is 31.7 Å². The highest BCUT2D eigenvalue weighted by molar-refractivity contribution is 9.10. The predicted molar refractivity (Wildman–Crippen MR) is 106 cm³/mol. The summed E-state index contributed by atoms with van der Waals surface area (Å²) in [4.78, 5) is 12.3. The number of carbonyl (C=O) groups is 1. The molecule has 150 valence electrons. The summed E-state index contributed by atoms with van der Waals surface area (Å²) in [6.07, 6.45) is 0.683. The summed E-state index contributed by atoms with van der Waals surface area (Å²) < 4.78 is 54.1. The molecule has 1 heterocycles. The van der Waals surface area contributed by atoms with E-state index in [2.05, 4.69) is 21.2 Å². The van der Waals surface area contributed by atoms with Crippen molar-refractivity contribution in [2.45, 2.75) is 18.6 Å². The van der Waals surface area contributed by atoms with Crippen molar-refractivity contribution in [1.82, 2.24) is 4.31 Å². The van der Waals surface area contributed by atoms with E-state index in [0.717, 1.165) is 10.5 Å². The van der Waals surface area contributed by atoms with Gasteiger partial charge in [-0.15, -0.1) is 0 Å². The normalized spacial score (nSPS) is 16.1. The summed E-state index contributed by atoms with van der Waals surface area (Å²) in [6.45, 7) is 0.450. The molecule has 0 saturated carbocycles. The second-order valence-corrected chi connectivity index (χ2v) is 9.55. The fraction of sp³-hybridized carbons (Fsp3) is 0.316. The quantitative estimate of drug-likeness (QED) is 0.717. The maximum absolute atomic E-state index is 13.7. The van der Waals surface area contributed by atoms with Crippen molar-refractivity contribution in [2.75, 3.05) is 18.4 Å². The van der Waals surface area contributed by atoms with Crippen LogP contribution in [-0.2, 0) is 20.6 Å². The van der Waals surface area contributed by atoms with Gasteiger partial charge in [0.25, 0.3) is 0 Å². The Morgan fingerprint density at radius 1 is 1.11 bits per heavy atom. The van der Waals surface area contributed by atoms with Crippen molar-refractivity contribution in [1.29, 1.82) is 0 Å². The molecule has 3 rings (SSSR count). The molecule has 0 radical (unpaired) electrons. The van der Waals surface area contributed by atoms with Crippen LogP contribution in [0.15, 0.2) is 46.9 Å². The Morgan fingerprint density at radius 2 is 1.75 bits per heavy atom. The van der Waals surface area contributed by atoms with Crippen LogP contribution in [0, 0.1) is 17.6 Å². The summed E-state index contributed by atoms with van der Waals surface area (Å²) in [5.41, 5.74) is 0.603. The van der Waals surface area contributed by atoms with Gasteiger partial charge in [-0.2, -0.15) is 0 Å². The summed E-state index contributed by atoms with van der Waals surface area (Å²) in [5, 5.41) is 2.45. The smallest absolute Gasteiger partial charge is 0.227 e. The van der Waals surface area contributed by atoms with E-state index in [-0.39, 0.29) is 24.5 Å². The number of carbonyl (C=O) groups excluding carboxylic acids is 1. The Balaban J connectivity index is 1.57. The summed E-state index contributed by atoms with van der Waals surface area (Å²) in [7, 11) is -3.48. The number of sulfonamides is 1. The van der Waals surface area contributed by atoms with Crippen LogP contribution in [0.3, 0.4) is 0 Å². The van der Waals surface area contributed by atoms with Gasteiger partial charge in [0.2, 0.25) is 15.9 Å². The molecule has 5 nitrogen and oxygen atoms in total. The first-order chi connectivity index (χ1) is 13.2. The number of hydrogen-bond acceptors (Lipinski definition) is 3. The lowest BCUT2D eigenvalue weighted by Gasteiger charge is -2.30. The monoisotopic (exact) mass is 472 g/mol. The second-order valence-electron chi connectivity index (χ2n) is 6.67. The van der Waals surface area contributed by atoms with Gasteiger partial charge in [-0.25, -0.2) is 21.5 Å². The molecule has 2 aromatic carbocycles. The summed E-state index contributed by atoms with van der Waals surface area (Å²) in [6, 6.07) is 10.0. The maximum Gasteiger partial charge on any atom is 0.227 e. The molecule has 1 aliphatic rings. The van der Waals surface area contributed by atoms with Crippen LogP contribution in [0.1, 0.15) is 18.4 Å². The predicted octanol–water partition coefficient (Wildman–Crippen LogP) is 3.91. The van der Waals surface area contributed by atoms with Gasteiger partial charge in [0.15, 0.2) is 0 Å². The van der Waals surface area contributed by atoms with Gasteiger partial charge >= 0.3 is 0 Å². The van der Waals surface area contributed by atoms with E-state index in [9.17, 15) is 22.0 Å². The van der Waals surface area contributed by atoms with Crippen LogP contribution in [0.25, 0.3) is 0 Å². The van der Waals surface area contributed by atoms with E-state index < -0.39 is 33.5 Å². The van der Waals surface area contributed by atoms with Crippen LogP contribution < -0.4 is 5.32 Å². The van der Waals surface area contributed by atoms with Crippen molar-refractivity contribution in [3.05, 3.63) is 64.1 Å². The lowest BCUT2D eigenvalue weighted by Crippen LogP contribution is -2.41. The lowest BCUT2D eigenvalue weighted by atomic mass is 9.97. The minimum absolute atomic E-state index is 0.0864. The highest BCUT2D eigenvalue weighted by Crippen LogP contribution is 2.24. The van der Waals surface area contributed by atoms with Crippen LogP contribution in [0.2, 0.25) is 0 Å². The average molecular weight is 473 g/mol. The summed E-state index contributed by atoms with van der Waals surface area (Å²) >= 11 is 3.31. The van der Waals surface area contributed by atoms with Gasteiger partial charge in [-0.05, 0) is 42.7 Å². The highest BCUT2D eigenvalue weighted by Gasteiger charge is 2.31. The molecule has 1 saturated heterocycles. The number of nitrogens with zero attached hydrogens (tertiary/aromatic N) is 1. The van der Waals surface area contributed by atoms with Gasteiger partial charge < -0.3 is 5.32 Å². The van der Waals surface area contributed by atoms with Crippen molar-refractivity contribution in [2.24, 2.45) is 5.92 Å². The summed E-state index contributed by atoms with van der Waals surface area (Å²) in [5.74, 6) is -2.49. The third kappa shape index (κ3) is 5.15. The fourth-order valence-corrected chi connectivity index (χ4v) is 4.93. The number of nitrogens with one attached hydrogen (secondary N) is 1. The largest absolute Gasteiger partial charge is 0.323 e. The average Bonchev–Trinajstić information content (AvgIpc) is 2.66. The number of anilines is 1. The molecular formula is C19H19BrF2N2O3S. The van der Waals surface area contributed by atoms with Crippen LogP contribution >= 0.6 is 15.9 Å². The Morgan fingerprint density at radius 3 is 2.36 bits per heavy atom. The standard InChI is InChI=1S/C19H19BrF2N2O3S/c20-15-3-1-13(2-4-15)12-28(26,27)24-9-7-14(8-10-24)19(25)23-18-6-5-16(21)11-17(18)22/h1-6,11,14H,7-10,12H2,(H,23,25). The SMILES string of the molecule is O=C(Nc1ccc(F)cc1F)C1CCN(S(=O)(=O)Cc2ccc(Br)cc2)CC1. The fourth-order valence-electron chi connectivity index (χ4n) is 3.10. The number of amides is 1. The zero-order chi connectivity index (χ0) is 20.3. The van der Waals surface area contributed by atoms with E-state index in [1.807, 2.05) is 0 Å². The van der Waals surface area contributed by atoms with E-state index in [1.54, 1.807) is 24.3 Å². The number of hydrogen-bond donors (Lipinski definition) is 1. The number of halogens is 3. The number of piperidine rings is 1. The third-order valence-electron chi connectivity index (χ3n) is 4.67. The van der Waals surface area contributed by atoms with Crippen molar-refractivity contribution < 1.29 is 22.0 Å². The Labute approximate surface area is 170 Å². The first-order valence-corrected chi connectivity index (χ1v) is 11.1.